The molecule has 1 unspecified atom stereocenters. The maximum Gasteiger partial charge on any atom is 0.200 e. The predicted molar refractivity (Wildman–Crippen MR) is 57.5 cm³/mol. The highest BCUT2D eigenvalue weighted by Crippen LogP contribution is 2.18. The van der Waals surface area contributed by atoms with E-state index in [9.17, 15) is 5.11 Å². The predicted octanol–water partition coefficient (Wildman–Crippen LogP) is -0.917. The van der Waals surface area contributed by atoms with E-state index in [0.717, 1.165) is 0 Å². The van der Waals surface area contributed by atoms with Crippen LogP contribution in [-0.4, -0.2) is 55.7 Å². The minimum atomic E-state index is -0.808. The Morgan fingerprint density at radius 3 is 3.29 bits per heavy atom. The Morgan fingerprint density at radius 2 is 2.47 bits per heavy atom. The third kappa shape index (κ3) is 2.04. The number of ether oxygens (including phenoxy) is 1. The highest BCUT2D eigenvalue weighted by atomic mass is 16.5. The molecule has 2 aromatic heterocycles. The summed E-state index contributed by atoms with van der Waals surface area (Å²) in [6.45, 7) is 1.35. The zero-order chi connectivity index (χ0) is 11.7. The molecule has 1 atom stereocenters. The average molecular weight is 236 g/mol. The molecule has 3 rings (SSSR count). The summed E-state index contributed by atoms with van der Waals surface area (Å²) in [5.41, 5.74) is -0.226. The van der Waals surface area contributed by atoms with Crippen molar-refractivity contribution < 1.29 is 9.84 Å². The summed E-state index contributed by atoms with van der Waals surface area (Å²) in [6.07, 6.45) is 0.632. The number of aromatic nitrogens is 5. The van der Waals surface area contributed by atoms with Crippen molar-refractivity contribution in [3.8, 4) is 0 Å². The second-order valence-electron chi connectivity index (χ2n) is 4.13. The molecule has 1 fully saturated rings. The van der Waals surface area contributed by atoms with Crippen LogP contribution in [0.25, 0.3) is 5.65 Å². The largest absolute Gasteiger partial charge is 0.386 e. The molecule has 2 N–H and O–H groups in total. The first kappa shape index (κ1) is 10.4. The van der Waals surface area contributed by atoms with Gasteiger partial charge in [0, 0.05) is 19.6 Å². The molecule has 8 nitrogen and oxygen atoms in total. The van der Waals surface area contributed by atoms with Crippen LogP contribution in [0.3, 0.4) is 0 Å². The van der Waals surface area contributed by atoms with Crippen LogP contribution in [0.15, 0.2) is 12.1 Å². The number of nitrogens with one attached hydrogen (secondary N) is 1. The summed E-state index contributed by atoms with van der Waals surface area (Å²) >= 11 is 0. The van der Waals surface area contributed by atoms with Crippen LogP contribution in [0.5, 0.6) is 0 Å². The van der Waals surface area contributed by atoms with Crippen LogP contribution in [0.1, 0.15) is 6.42 Å². The first-order valence-corrected chi connectivity index (χ1v) is 5.35. The minimum Gasteiger partial charge on any atom is -0.386 e. The van der Waals surface area contributed by atoms with E-state index in [4.69, 9.17) is 4.74 Å². The molecule has 0 radical (unpaired) electrons. The fraction of sp³-hybridized carbons (Fsp3) is 0.556. The highest BCUT2D eigenvalue weighted by molar-refractivity contribution is 5.42. The molecule has 2 aromatic rings. The van der Waals surface area contributed by atoms with Gasteiger partial charge in [-0.3, -0.25) is 0 Å². The molecule has 0 aliphatic carbocycles. The zero-order valence-corrected chi connectivity index (χ0v) is 9.07. The molecule has 17 heavy (non-hydrogen) atoms. The van der Waals surface area contributed by atoms with Gasteiger partial charge in [0.05, 0.1) is 6.61 Å². The average Bonchev–Trinajstić information content (AvgIpc) is 2.95. The molecule has 0 spiro atoms. The molecule has 90 valence electrons. The number of aliphatic hydroxyl groups is 1. The molecule has 1 aliphatic heterocycles. The lowest BCUT2D eigenvalue weighted by Gasteiger charge is -2.20. The van der Waals surface area contributed by atoms with Crippen LogP contribution >= 0.6 is 0 Å². The fourth-order valence-electron chi connectivity index (χ4n) is 1.73. The second kappa shape index (κ2) is 3.90. The zero-order valence-electron chi connectivity index (χ0n) is 9.07. The van der Waals surface area contributed by atoms with Crippen LogP contribution in [-0.2, 0) is 4.74 Å². The van der Waals surface area contributed by atoms with Gasteiger partial charge in [-0.25, -0.2) is 0 Å². The quantitative estimate of drug-likeness (QED) is 0.711. The van der Waals surface area contributed by atoms with Gasteiger partial charge in [-0.05, 0) is 22.6 Å². The van der Waals surface area contributed by atoms with Crippen molar-refractivity contribution in [2.24, 2.45) is 0 Å². The van der Waals surface area contributed by atoms with Crippen LogP contribution in [0.4, 0.5) is 5.82 Å². The van der Waals surface area contributed by atoms with Crippen molar-refractivity contribution in [3.63, 3.8) is 0 Å². The van der Waals surface area contributed by atoms with Gasteiger partial charge in [0.25, 0.3) is 0 Å². The lowest BCUT2D eigenvalue weighted by atomic mass is 10.0. The summed E-state index contributed by atoms with van der Waals surface area (Å²) in [5, 5.41) is 28.2. The molecule has 0 aromatic carbocycles. The molecular formula is C9H12N6O2. The lowest BCUT2D eigenvalue weighted by Crippen LogP contribution is -2.37. The number of fused-ring (bicyclic) bond motifs is 1. The van der Waals surface area contributed by atoms with E-state index in [1.807, 2.05) is 0 Å². The van der Waals surface area contributed by atoms with Gasteiger partial charge in [0.15, 0.2) is 5.65 Å². The number of hydrogen-bond acceptors (Lipinski definition) is 7. The van der Waals surface area contributed by atoms with Crippen molar-refractivity contribution in [2.75, 3.05) is 25.1 Å². The molecule has 8 heteroatoms. The van der Waals surface area contributed by atoms with Crippen LogP contribution < -0.4 is 5.32 Å². The lowest BCUT2D eigenvalue weighted by molar-refractivity contribution is 0.0381. The highest BCUT2D eigenvalue weighted by Gasteiger charge is 2.31. The van der Waals surface area contributed by atoms with E-state index in [1.54, 1.807) is 12.1 Å². The molecule has 1 saturated heterocycles. The summed E-state index contributed by atoms with van der Waals surface area (Å²) < 4.78 is 6.49. The second-order valence-corrected chi connectivity index (χ2v) is 4.13. The van der Waals surface area contributed by atoms with Gasteiger partial charge in [-0.15, -0.1) is 14.8 Å². The van der Waals surface area contributed by atoms with Crippen molar-refractivity contribution >= 4 is 11.5 Å². The van der Waals surface area contributed by atoms with E-state index < -0.39 is 5.60 Å². The Morgan fingerprint density at radius 1 is 1.53 bits per heavy atom. The normalized spacial score (nSPS) is 24.3. The van der Waals surface area contributed by atoms with Gasteiger partial charge < -0.3 is 15.2 Å². The SMILES string of the molecule is OC1(CNc2ccc3nnnn3n2)CCOC1. The van der Waals surface area contributed by atoms with E-state index in [2.05, 4.69) is 25.9 Å². The van der Waals surface area contributed by atoms with Gasteiger partial charge in [0.1, 0.15) is 11.4 Å². The number of rotatable bonds is 3. The standard InChI is InChI=1S/C9H12N6O2/c16-9(3-4-17-6-9)5-10-7-1-2-8-11-13-14-15(8)12-7/h1-2,16H,3-6H2,(H,10,12). The van der Waals surface area contributed by atoms with E-state index in [1.165, 1.54) is 4.63 Å². The Labute approximate surface area is 96.6 Å². The van der Waals surface area contributed by atoms with Gasteiger partial charge in [-0.1, -0.05) is 0 Å². The summed E-state index contributed by atoms with van der Waals surface area (Å²) in [4.78, 5) is 0. The van der Waals surface area contributed by atoms with Gasteiger partial charge in [0.2, 0.25) is 0 Å². The van der Waals surface area contributed by atoms with Crippen LogP contribution in [0, 0.1) is 0 Å². The molecule has 1 aliphatic rings. The summed E-state index contributed by atoms with van der Waals surface area (Å²) in [6, 6.07) is 3.52. The van der Waals surface area contributed by atoms with Crippen LogP contribution in [0.2, 0.25) is 0 Å². The number of hydrogen-bond donors (Lipinski definition) is 2. The molecule has 0 amide bonds. The minimum absolute atomic E-state index is 0.354. The molecular weight excluding hydrogens is 224 g/mol. The van der Waals surface area contributed by atoms with Crippen molar-refractivity contribution in [2.45, 2.75) is 12.0 Å². The monoisotopic (exact) mass is 236 g/mol. The van der Waals surface area contributed by atoms with Crippen molar-refractivity contribution in [1.82, 2.24) is 25.3 Å². The first-order chi connectivity index (χ1) is 8.25. The summed E-state index contributed by atoms with van der Waals surface area (Å²) in [7, 11) is 0. The molecule has 0 saturated carbocycles. The van der Waals surface area contributed by atoms with E-state index in [-0.39, 0.29) is 0 Å². The maximum atomic E-state index is 10.1. The topological polar surface area (TPSA) is 97.5 Å². The fourth-order valence-corrected chi connectivity index (χ4v) is 1.73. The number of anilines is 1. The number of nitrogens with zero attached hydrogens (tertiary/aromatic N) is 5. The van der Waals surface area contributed by atoms with Crippen molar-refractivity contribution in [3.05, 3.63) is 12.1 Å². The summed E-state index contributed by atoms with van der Waals surface area (Å²) in [5.74, 6) is 0.616. The first-order valence-electron chi connectivity index (χ1n) is 5.35. The molecule has 0 bridgehead atoms. The maximum absolute atomic E-state index is 10.1. The Kier molecular flexibility index (Phi) is 2.37. The van der Waals surface area contributed by atoms with Crippen molar-refractivity contribution in [1.29, 1.82) is 0 Å². The van der Waals surface area contributed by atoms with Gasteiger partial charge in [-0.2, -0.15) is 0 Å². The number of tetrazole rings is 1. The Hall–Kier alpha value is -1.80. The third-order valence-electron chi connectivity index (χ3n) is 2.75. The molecule has 3 heterocycles. The van der Waals surface area contributed by atoms with E-state index in [0.29, 0.717) is 37.6 Å². The Bertz CT molecular complexity index is 521. The van der Waals surface area contributed by atoms with E-state index >= 15 is 0 Å². The van der Waals surface area contributed by atoms with Gasteiger partial charge >= 0.3 is 0 Å². The Balaban J connectivity index is 1.71. The third-order valence-corrected chi connectivity index (χ3v) is 2.75. The smallest absolute Gasteiger partial charge is 0.200 e.